The number of rotatable bonds is 8. The smallest absolute Gasteiger partial charge is 0.250 e. The molecule has 1 amide bonds. The van der Waals surface area contributed by atoms with E-state index in [1.165, 1.54) is 31.0 Å². The fourth-order valence-corrected chi connectivity index (χ4v) is 1.61. The SMILES string of the molecule is CCCCCCOCC(=O)Nc1ccc(F)c(N)c1. The number of halogens is 1. The number of carbonyl (C=O) groups excluding carboxylic acids is 1. The Labute approximate surface area is 113 Å². The molecule has 0 saturated heterocycles. The van der Waals surface area contributed by atoms with Crippen LogP contribution in [-0.4, -0.2) is 19.1 Å². The van der Waals surface area contributed by atoms with Crippen molar-refractivity contribution < 1.29 is 13.9 Å². The molecule has 1 aromatic rings. The molecule has 0 aromatic heterocycles. The van der Waals surface area contributed by atoms with Crippen molar-refractivity contribution in [1.82, 2.24) is 0 Å². The largest absolute Gasteiger partial charge is 0.396 e. The zero-order chi connectivity index (χ0) is 14.1. The minimum atomic E-state index is -0.495. The van der Waals surface area contributed by atoms with E-state index in [1.807, 2.05) is 0 Å². The van der Waals surface area contributed by atoms with Crippen LogP contribution in [0.2, 0.25) is 0 Å². The minimum absolute atomic E-state index is 0.00338. The number of anilines is 2. The van der Waals surface area contributed by atoms with Crippen molar-refractivity contribution in [3.8, 4) is 0 Å². The fourth-order valence-electron chi connectivity index (χ4n) is 1.61. The first kappa shape index (κ1) is 15.4. The number of nitrogen functional groups attached to an aromatic ring is 1. The normalized spacial score (nSPS) is 10.4. The summed E-state index contributed by atoms with van der Waals surface area (Å²) in [7, 11) is 0. The number of ether oxygens (including phenoxy) is 1. The van der Waals surface area contributed by atoms with Gasteiger partial charge in [0, 0.05) is 12.3 Å². The average molecular weight is 268 g/mol. The van der Waals surface area contributed by atoms with E-state index in [4.69, 9.17) is 10.5 Å². The van der Waals surface area contributed by atoms with Gasteiger partial charge in [0.15, 0.2) is 0 Å². The molecule has 0 saturated carbocycles. The van der Waals surface area contributed by atoms with E-state index in [-0.39, 0.29) is 18.2 Å². The first-order chi connectivity index (χ1) is 9.13. The highest BCUT2D eigenvalue weighted by Crippen LogP contribution is 2.16. The molecule has 19 heavy (non-hydrogen) atoms. The van der Waals surface area contributed by atoms with Crippen molar-refractivity contribution >= 4 is 17.3 Å². The molecule has 106 valence electrons. The lowest BCUT2D eigenvalue weighted by Crippen LogP contribution is -2.18. The Hall–Kier alpha value is -1.62. The maximum atomic E-state index is 12.9. The summed E-state index contributed by atoms with van der Waals surface area (Å²) >= 11 is 0. The second-order valence-corrected chi connectivity index (χ2v) is 4.40. The first-order valence-electron chi connectivity index (χ1n) is 6.56. The van der Waals surface area contributed by atoms with Gasteiger partial charge in [-0.1, -0.05) is 26.2 Å². The number of amides is 1. The molecule has 0 aliphatic carbocycles. The molecular formula is C14H21FN2O2. The number of carbonyl (C=O) groups is 1. The second kappa shape index (κ2) is 8.48. The number of unbranched alkanes of at least 4 members (excludes halogenated alkanes) is 3. The molecule has 0 heterocycles. The van der Waals surface area contributed by atoms with E-state index in [9.17, 15) is 9.18 Å². The van der Waals surface area contributed by atoms with Crippen LogP contribution in [0.3, 0.4) is 0 Å². The van der Waals surface area contributed by atoms with E-state index in [0.29, 0.717) is 12.3 Å². The summed E-state index contributed by atoms with van der Waals surface area (Å²) in [5.74, 6) is -0.758. The van der Waals surface area contributed by atoms with Gasteiger partial charge in [0.25, 0.3) is 0 Å². The second-order valence-electron chi connectivity index (χ2n) is 4.40. The molecule has 0 spiro atoms. The van der Waals surface area contributed by atoms with E-state index >= 15 is 0 Å². The van der Waals surface area contributed by atoms with Crippen LogP contribution in [0, 0.1) is 5.82 Å². The lowest BCUT2D eigenvalue weighted by atomic mass is 10.2. The van der Waals surface area contributed by atoms with Gasteiger partial charge in [0.05, 0.1) is 5.69 Å². The summed E-state index contributed by atoms with van der Waals surface area (Å²) in [5.41, 5.74) is 5.89. The number of nitrogens with two attached hydrogens (primary N) is 1. The molecule has 0 unspecified atom stereocenters. The highest BCUT2D eigenvalue weighted by Gasteiger charge is 2.04. The van der Waals surface area contributed by atoms with Crippen LogP contribution in [0.15, 0.2) is 18.2 Å². The minimum Gasteiger partial charge on any atom is -0.396 e. The van der Waals surface area contributed by atoms with Crippen LogP contribution in [0.4, 0.5) is 15.8 Å². The summed E-state index contributed by atoms with van der Waals surface area (Å²) in [6.07, 6.45) is 4.44. The summed E-state index contributed by atoms with van der Waals surface area (Å²) in [4.78, 5) is 11.5. The van der Waals surface area contributed by atoms with Crippen LogP contribution in [-0.2, 0) is 9.53 Å². The Bertz CT molecular complexity index is 410. The first-order valence-corrected chi connectivity index (χ1v) is 6.56. The zero-order valence-electron chi connectivity index (χ0n) is 11.2. The monoisotopic (exact) mass is 268 g/mol. The van der Waals surface area contributed by atoms with E-state index < -0.39 is 5.82 Å². The average Bonchev–Trinajstić information content (AvgIpc) is 2.38. The number of nitrogens with one attached hydrogen (secondary N) is 1. The molecule has 3 N–H and O–H groups in total. The van der Waals surface area contributed by atoms with E-state index in [1.54, 1.807) is 0 Å². The Morgan fingerprint density at radius 3 is 2.84 bits per heavy atom. The highest BCUT2D eigenvalue weighted by molar-refractivity contribution is 5.92. The molecular weight excluding hydrogens is 247 g/mol. The van der Waals surface area contributed by atoms with Crippen molar-refractivity contribution in [1.29, 1.82) is 0 Å². The summed E-state index contributed by atoms with van der Waals surface area (Å²) in [6, 6.07) is 4.07. The Kier molecular flexibility index (Phi) is 6.89. The van der Waals surface area contributed by atoms with Gasteiger partial charge in [-0.15, -0.1) is 0 Å². The van der Waals surface area contributed by atoms with Gasteiger partial charge in [-0.05, 0) is 24.6 Å². The van der Waals surface area contributed by atoms with Gasteiger partial charge in [-0.3, -0.25) is 4.79 Å². The molecule has 0 atom stereocenters. The van der Waals surface area contributed by atoms with Gasteiger partial charge in [-0.2, -0.15) is 0 Å². The third-order valence-corrected chi connectivity index (χ3v) is 2.66. The van der Waals surface area contributed by atoms with Crippen molar-refractivity contribution in [3.05, 3.63) is 24.0 Å². The van der Waals surface area contributed by atoms with E-state index in [0.717, 1.165) is 12.8 Å². The maximum absolute atomic E-state index is 12.9. The summed E-state index contributed by atoms with van der Waals surface area (Å²) in [5, 5.41) is 2.60. The summed E-state index contributed by atoms with van der Waals surface area (Å²) in [6.45, 7) is 2.73. The quantitative estimate of drug-likeness (QED) is 0.563. The van der Waals surface area contributed by atoms with Crippen LogP contribution in [0.1, 0.15) is 32.6 Å². The Morgan fingerprint density at radius 2 is 2.16 bits per heavy atom. The third-order valence-electron chi connectivity index (χ3n) is 2.66. The highest BCUT2D eigenvalue weighted by atomic mass is 19.1. The predicted octanol–water partition coefficient (Wildman–Crippen LogP) is 2.94. The van der Waals surface area contributed by atoms with Gasteiger partial charge in [0.2, 0.25) is 5.91 Å². The lowest BCUT2D eigenvalue weighted by Gasteiger charge is -2.07. The third kappa shape index (κ3) is 6.20. The zero-order valence-corrected chi connectivity index (χ0v) is 11.2. The molecule has 0 aliphatic heterocycles. The molecule has 5 heteroatoms. The fraction of sp³-hybridized carbons (Fsp3) is 0.500. The van der Waals surface area contributed by atoms with Gasteiger partial charge >= 0.3 is 0 Å². The molecule has 0 radical (unpaired) electrons. The topological polar surface area (TPSA) is 64.3 Å². The molecule has 0 bridgehead atoms. The number of hydrogen-bond acceptors (Lipinski definition) is 3. The lowest BCUT2D eigenvalue weighted by molar-refractivity contribution is -0.120. The van der Waals surface area contributed by atoms with Gasteiger partial charge in [0.1, 0.15) is 12.4 Å². The molecule has 4 nitrogen and oxygen atoms in total. The van der Waals surface area contributed by atoms with E-state index in [2.05, 4.69) is 12.2 Å². The molecule has 0 aliphatic rings. The van der Waals surface area contributed by atoms with Crippen LogP contribution < -0.4 is 11.1 Å². The Balaban J connectivity index is 2.21. The molecule has 1 rings (SSSR count). The van der Waals surface area contributed by atoms with Crippen LogP contribution >= 0.6 is 0 Å². The van der Waals surface area contributed by atoms with Gasteiger partial charge in [-0.25, -0.2) is 4.39 Å². The molecule has 0 fully saturated rings. The van der Waals surface area contributed by atoms with Crippen molar-refractivity contribution in [3.63, 3.8) is 0 Å². The van der Waals surface area contributed by atoms with Crippen molar-refractivity contribution in [2.24, 2.45) is 0 Å². The van der Waals surface area contributed by atoms with Crippen molar-refractivity contribution in [2.45, 2.75) is 32.6 Å². The van der Waals surface area contributed by atoms with Crippen LogP contribution in [0.25, 0.3) is 0 Å². The number of benzene rings is 1. The standard InChI is InChI=1S/C14H21FN2O2/c1-2-3-4-5-8-19-10-14(18)17-11-6-7-12(15)13(16)9-11/h6-7,9H,2-5,8,10,16H2,1H3,(H,17,18). The Morgan fingerprint density at radius 1 is 1.37 bits per heavy atom. The van der Waals surface area contributed by atoms with Crippen molar-refractivity contribution in [2.75, 3.05) is 24.3 Å². The summed E-state index contributed by atoms with van der Waals surface area (Å²) < 4.78 is 18.2. The van der Waals surface area contributed by atoms with Crippen LogP contribution in [0.5, 0.6) is 0 Å². The maximum Gasteiger partial charge on any atom is 0.250 e. The predicted molar refractivity (Wildman–Crippen MR) is 74.4 cm³/mol. The van der Waals surface area contributed by atoms with Gasteiger partial charge < -0.3 is 15.8 Å². The molecule has 1 aromatic carbocycles. The number of hydrogen-bond donors (Lipinski definition) is 2.